The first-order valence-corrected chi connectivity index (χ1v) is 14.9. The molecule has 3 heterocycles. The number of nitrogens with zero attached hydrogens (tertiary/aromatic N) is 2. The van der Waals surface area contributed by atoms with Crippen LogP contribution in [0.5, 0.6) is 5.75 Å². The average molecular weight is 598 g/mol. The van der Waals surface area contributed by atoms with Gasteiger partial charge >= 0.3 is 0 Å². The maximum Gasteiger partial charge on any atom is 0.165 e. The molecule has 0 saturated carbocycles. The standard InChI is InChI=1S/C35H21BrN2OS/c36-32-30-24-15-5-7-19-28(24)40-35(30)34-31(23-14-4-6-16-25(23)38(34)22-12-2-1-3-13-22)33(32)37-20-39-27-18-9-11-21-10-8-17-26(37)29(21)27/h1-19H,20H2. The summed E-state index contributed by atoms with van der Waals surface area (Å²) in [5.41, 5.74) is 5.88. The largest absolute Gasteiger partial charge is 0.472 e. The molecule has 0 N–H and O–H groups in total. The number of para-hydroxylation sites is 2. The molecule has 0 amide bonds. The van der Waals surface area contributed by atoms with E-state index in [9.17, 15) is 0 Å². The van der Waals surface area contributed by atoms with E-state index >= 15 is 0 Å². The normalized spacial score (nSPS) is 13.2. The van der Waals surface area contributed by atoms with E-state index in [0.717, 1.165) is 32.7 Å². The van der Waals surface area contributed by atoms with Crippen molar-refractivity contribution in [2.75, 3.05) is 11.6 Å². The van der Waals surface area contributed by atoms with Gasteiger partial charge < -0.3 is 14.2 Å². The highest BCUT2D eigenvalue weighted by molar-refractivity contribution is 9.10. The van der Waals surface area contributed by atoms with Gasteiger partial charge in [0.1, 0.15) is 5.75 Å². The van der Waals surface area contributed by atoms with E-state index in [1.54, 1.807) is 0 Å². The molecule has 0 radical (unpaired) electrons. The lowest BCUT2D eigenvalue weighted by Crippen LogP contribution is -2.27. The molecule has 8 aromatic rings. The number of benzene rings is 6. The molecule has 0 saturated heterocycles. The topological polar surface area (TPSA) is 17.4 Å². The Labute approximate surface area is 242 Å². The number of hydrogen-bond donors (Lipinski definition) is 0. The Hall–Kier alpha value is -4.32. The fourth-order valence-electron chi connectivity index (χ4n) is 6.47. The molecule has 0 atom stereocenters. The molecular formula is C35H21BrN2OS. The highest BCUT2D eigenvalue weighted by Gasteiger charge is 2.30. The predicted molar refractivity (Wildman–Crippen MR) is 173 cm³/mol. The van der Waals surface area contributed by atoms with Crippen LogP contribution >= 0.6 is 27.3 Å². The van der Waals surface area contributed by atoms with Crippen molar-refractivity contribution < 1.29 is 4.74 Å². The first kappa shape index (κ1) is 22.5. The minimum absolute atomic E-state index is 0.433. The van der Waals surface area contributed by atoms with Crippen LogP contribution in [-0.2, 0) is 0 Å². The minimum atomic E-state index is 0.433. The SMILES string of the molecule is Brc1c(N2COc3cccc4cccc2c34)c2c3ccccc3n(-c3ccccc3)c2c2sc3ccccc3c12. The van der Waals surface area contributed by atoms with E-state index in [2.05, 4.69) is 141 Å². The lowest BCUT2D eigenvalue weighted by Gasteiger charge is -2.33. The first-order chi connectivity index (χ1) is 19.8. The lowest BCUT2D eigenvalue weighted by atomic mass is 10.0. The third-order valence-electron chi connectivity index (χ3n) is 8.12. The van der Waals surface area contributed by atoms with Crippen LogP contribution < -0.4 is 9.64 Å². The number of thiophene rings is 1. The van der Waals surface area contributed by atoms with Gasteiger partial charge in [-0.1, -0.05) is 78.9 Å². The van der Waals surface area contributed by atoms with Crippen LogP contribution in [0.1, 0.15) is 0 Å². The second-order valence-electron chi connectivity index (χ2n) is 10.2. The van der Waals surface area contributed by atoms with Crippen molar-refractivity contribution in [2.24, 2.45) is 0 Å². The van der Waals surface area contributed by atoms with E-state index in [1.807, 2.05) is 11.3 Å². The molecule has 0 aliphatic carbocycles. The maximum absolute atomic E-state index is 6.45. The van der Waals surface area contributed by atoms with Gasteiger partial charge in [-0.2, -0.15) is 0 Å². The number of aromatic nitrogens is 1. The molecule has 0 unspecified atom stereocenters. The highest BCUT2D eigenvalue weighted by Crippen LogP contribution is 2.54. The van der Waals surface area contributed by atoms with Crippen LogP contribution in [0.3, 0.4) is 0 Å². The Balaban J connectivity index is 1.53. The summed E-state index contributed by atoms with van der Waals surface area (Å²) < 4.78 is 12.6. The molecule has 1 aliphatic rings. The smallest absolute Gasteiger partial charge is 0.165 e. The summed E-state index contributed by atoms with van der Waals surface area (Å²) in [5, 5.41) is 7.29. The van der Waals surface area contributed by atoms with Crippen LogP contribution in [0.4, 0.5) is 11.4 Å². The number of rotatable bonds is 2. The summed E-state index contributed by atoms with van der Waals surface area (Å²) >= 11 is 6.05. The third kappa shape index (κ3) is 2.94. The third-order valence-corrected chi connectivity index (χ3v) is 10.1. The van der Waals surface area contributed by atoms with Gasteiger partial charge in [-0.25, -0.2) is 0 Å². The number of anilines is 2. The molecule has 5 heteroatoms. The molecule has 9 rings (SSSR count). The molecule has 6 aromatic carbocycles. The van der Waals surface area contributed by atoms with Crippen molar-refractivity contribution in [3.63, 3.8) is 0 Å². The Bertz CT molecular complexity index is 2300. The van der Waals surface area contributed by atoms with Gasteiger partial charge in [-0.15, -0.1) is 11.3 Å². The number of fused-ring (bicyclic) bond motifs is 7. The first-order valence-electron chi connectivity index (χ1n) is 13.3. The van der Waals surface area contributed by atoms with Crippen molar-refractivity contribution in [1.29, 1.82) is 0 Å². The molecule has 1 aliphatic heterocycles. The zero-order valence-corrected chi connectivity index (χ0v) is 23.7. The van der Waals surface area contributed by atoms with Crippen LogP contribution in [0.25, 0.3) is 58.4 Å². The second kappa shape index (κ2) is 8.34. The molecule has 0 fully saturated rings. The average Bonchev–Trinajstić information content (AvgIpc) is 3.56. The number of ether oxygens (including phenoxy) is 1. The van der Waals surface area contributed by atoms with Gasteiger partial charge in [0, 0.05) is 37.3 Å². The second-order valence-corrected chi connectivity index (χ2v) is 12.1. The van der Waals surface area contributed by atoms with Crippen LogP contribution in [0, 0.1) is 0 Å². The summed E-state index contributed by atoms with van der Waals surface area (Å²) in [7, 11) is 0. The van der Waals surface area contributed by atoms with Gasteiger partial charge in [0.2, 0.25) is 0 Å². The van der Waals surface area contributed by atoms with Crippen molar-refractivity contribution in [3.05, 3.63) is 120 Å². The fraction of sp³-hybridized carbons (Fsp3) is 0.0286. The minimum Gasteiger partial charge on any atom is -0.472 e. The predicted octanol–water partition coefficient (Wildman–Crippen LogP) is 10.6. The highest BCUT2D eigenvalue weighted by atomic mass is 79.9. The molecule has 40 heavy (non-hydrogen) atoms. The van der Waals surface area contributed by atoms with E-state index in [4.69, 9.17) is 4.74 Å². The molecule has 3 nitrogen and oxygen atoms in total. The van der Waals surface area contributed by atoms with Crippen LogP contribution in [0.15, 0.2) is 120 Å². The number of halogens is 1. The van der Waals surface area contributed by atoms with Crippen molar-refractivity contribution >= 4 is 91.4 Å². The van der Waals surface area contributed by atoms with Gasteiger partial charge in [0.25, 0.3) is 0 Å². The van der Waals surface area contributed by atoms with E-state index in [0.29, 0.717) is 6.73 Å². The molecular weight excluding hydrogens is 576 g/mol. The molecule has 0 spiro atoms. The van der Waals surface area contributed by atoms with Crippen LogP contribution in [-0.4, -0.2) is 11.3 Å². The molecule has 2 aromatic heterocycles. The summed E-state index contributed by atoms with van der Waals surface area (Å²) in [6, 6.07) is 41.1. The Morgan fingerprint density at radius 2 is 1.43 bits per heavy atom. The van der Waals surface area contributed by atoms with Gasteiger partial charge in [0.15, 0.2) is 6.73 Å². The molecule has 0 bridgehead atoms. The summed E-state index contributed by atoms with van der Waals surface area (Å²) in [5.74, 6) is 0.936. The Morgan fingerprint density at radius 1 is 0.675 bits per heavy atom. The summed E-state index contributed by atoms with van der Waals surface area (Å²) in [6.07, 6.45) is 0. The summed E-state index contributed by atoms with van der Waals surface area (Å²) in [6.45, 7) is 0.433. The number of hydrogen-bond acceptors (Lipinski definition) is 3. The van der Waals surface area contributed by atoms with Gasteiger partial charge in [0.05, 0.1) is 31.6 Å². The summed E-state index contributed by atoms with van der Waals surface area (Å²) in [4.78, 5) is 2.36. The van der Waals surface area contributed by atoms with E-state index in [-0.39, 0.29) is 0 Å². The zero-order valence-electron chi connectivity index (χ0n) is 21.3. The van der Waals surface area contributed by atoms with Gasteiger partial charge in [-0.05, 0) is 57.7 Å². The van der Waals surface area contributed by atoms with E-state index in [1.165, 1.54) is 47.4 Å². The van der Waals surface area contributed by atoms with E-state index < -0.39 is 0 Å². The Morgan fingerprint density at radius 3 is 2.30 bits per heavy atom. The van der Waals surface area contributed by atoms with Crippen molar-refractivity contribution in [3.8, 4) is 11.4 Å². The fourth-order valence-corrected chi connectivity index (χ4v) is 8.68. The lowest BCUT2D eigenvalue weighted by molar-refractivity contribution is 0.325. The maximum atomic E-state index is 6.45. The monoisotopic (exact) mass is 596 g/mol. The van der Waals surface area contributed by atoms with Crippen LogP contribution in [0.2, 0.25) is 0 Å². The quantitative estimate of drug-likeness (QED) is 0.197. The van der Waals surface area contributed by atoms with Crippen molar-refractivity contribution in [1.82, 2.24) is 4.57 Å². The van der Waals surface area contributed by atoms with Crippen molar-refractivity contribution in [2.45, 2.75) is 0 Å². The van der Waals surface area contributed by atoms with Gasteiger partial charge in [-0.3, -0.25) is 0 Å². The zero-order chi connectivity index (χ0) is 26.4. The Kier molecular flexibility index (Phi) is 4.69. The molecule has 190 valence electrons.